The highest BCUT2D eigenvalue weighted by Crippen LogP contribution is 2.40. The largest absolute Gasteiger partial charge is 0.490 e. The molecule has 0 aromatic heterocycles. The zero-order valence-corrected chi connectivity index (χ0v) is 20.9. The Bertz CT molecular complexity index is 1030. The van der Waals surface area contributed by atoms with Crippen LogP contribution in [0, 0.1) is 0 Å². The number of benzene rings is 2. The maximum atomic E-state index is 12.5. The van der Waals surface area contributed by atoms with Crippen molar-refractivity contribution in [1.29, 1.82) is 0 Å². The number of likely N-dealkylation sites (N-methyl/N-ethyl adjacent to an activating group) is 1. The molecule has 4 nitrogen and oxygen atoms in total. The van der Waals surface area contributed by atoms with Gasteiger partial charge in [0.2, 0.25) is 0 Å². The predicted octanol–water partition coefficient (Wildman–Crippen LogP) is 6.95. The lowest BCUT2D eigenvalue weighted by Gasteiger charge is -2.15. The summed E-state index contributed by atoms with van der Waals surface area (Å²) in [4.78, 5) is 14.7. The summed E-state index contributed by atoms with van der Waals surface area (Å²) in [6.45, 7) is 5.06. The van der Waals surface area contributed by atoms with Gasteiger partial charge in [0.25, 0.3) is 5.91 Å². The van der Waals surface area contributed by atoms with E-state index < -0.39 is 0 Å². The fourth-order valence-electron chi connectivity index (χ4n) is 2.79. The van der Waals surface area contributed by atoms with Crippen molar-refractivity contribution in [3.8, 4) is 11.5 Å². The van der Waals surface area contributed by atoms with Crippen LogP contribution >= 0.6 is 63.1 Å². The maximum Gasteiger partial charge on any atom is 0.266 e. The first-order valence-corrected chi connectivity index (χ1v) is 11.9. The van der Waals surface area contributed by atoms with Gasteiger partial charge < -0.3 is 9.47 Å². The summed E-state index contributed by atoms with van der Waals surface area (Å²) in [5.74, 6) is 1.04. The average Bonchev–Trinajstić information content (AvgIpc) is 2.95. The van der Waals surface area contributed by atoms with Crippen molar-refractivity contribution in [2.24, 2.45) is 0 Å². The van der Waals surface area contributed by atoms with E-state index in [0.717, 1.165) is 11.1 Å². The lowest BCUT2D eigenvalue weighted by atomic mass is 10.1. The van der Waals surface area contributed by atoms with Gasteiger partial charge in [-0.25, -0.2) is 0 Å². The topological polar surface area (TPSA) is 38.8 Å². The minimum Gasteiger partial charge on any atom is -0.490 e. The first kappa shape index (κ1) is 23.4. The molecule has 0 unspecified atom stereocenters. The number of hydrogen-bond acceptors (Lipinski definition) is 5. The van der Waals surface area contributed by atoms with E-state index in [9.17, 15) is 4.79 Å². The van der Waals surface area contributed by atoms with Gasteiger partial charge in [0.1, 0.15) is 10.9 Å². The molecule has 0 saturated carbocycles. The Balaban J connectivity index is 1.88. The number of amides is 1. The molecule has 1 aliphatic rings. The quantitative estimate of drug-likeness (QED) is 0.277. The summed E-state index contributed by atoms with van der Waals surface area (Å²) < 4.78 is 13.1. The van der Waals surface area contributed by atoms with Crippen molar-refractivity contribution in [3.05, 3.63) is 60.9 Å². The maximum absolute atomic E-state index is 12.5. The molecule has 158 valence electrons. The van der Waals surface area contributed by atoms with Crippen LogP contribution in [0.15, 0.2) is 39.7 Å². The van der Waals surface area contributed by atoms with Gasteiger partial charge in [0.15, 0.2) is 11.5 Å². The van der Waals surface area contributed by atoms with Crippen LogP contribution in [0.1, 0.15) is 25.0 Å². The number of thiocarbonyl (C=S) groups is 1. The molecule has 1 saturated heterocycles. The second-order valence-electron chi connectivity index (χ2n) is 6.21. The lowest BCUT2D eigenvalue weighted by molar-refractivity contribution is -0.121. The molecule has 30 heavy (non-hydrogen) atoms. The van der Waals surface area contributed by atoms with Crippen molar-refractivity contribution in [1.82, 2.24) is 4.90 Å². The van der Waals surface area contributed by atoms with E-state index in [1.54, 1.807) is 17.0 Å². The van der Waals surface area contributed by atoms with Gasteiger partial charge in [-0.2, -0.15) is 0 Å². The standard InChI is InChI=1S/C21H18BrCl2NO3S2/c1-3-25-20(26)18(30-21(25)29)9-12-7-15(22)19(17(8-12)27-4-2)28-11-13-5-6-14(23)10-16(13)24/h5-10H,3-4,11H2,1-2H3/b18-9-. The Labute approximate surface area is 203 Å². The van der Waals surface area contributed by atoms with Crippen LogP contribution in [-0.4, -0.2) is 28.3 Å². The van der Waals surface area contributed by atoms with E-state index >= 15 is 0 Å². The van der Waals surface area contributed by atoms with Crippen LogP contribution in [0.3, 0.4) is 0 Å². The average molecular weight is 547 g/mol. The van der Waals surface area contributed by atoms with Crippen LogP contribution in [0.5, 0.6) is 11.5 Å². The van der Waals surface area contributed by atoms with Crippen LogP contribution in [0.4, 0.5) is 0 Å². The SMILES string of the molecule is CCOc1cc(/C=C2\SC(=S)N(CC)C2=O)cc(Br)c1OCc1ccc(Cl)cc1Cl. The highest BCUT2D eigenvalue weighted by molar-refractivity contribution is 9.10. The second-order valence-corrected chi connectivity index (χ2v) is 9.59. The molecule has 0 N–H and O–H groups in total. The van der Waals surface area contributed by atoms with Crippen molar-refractivity contribution in [2.75, 3.05) is 13.2 Å². The van der Waals surface area contributed by atoms with Gasteiger partial charge in [-0.3, -0.25) is 9.69 Å². The van der Waals surface area contributed by atoms with E-state index in [4.69, 9.17) is 44.9 Å². The molecule has 0 radical (unpaired) electrons. The Morgan fingerprint density at radius 1 is 1.20 bits per heavy atom. The monoisotopic (exact) mass is 545 g/mol. The molecular formula is C21H18BrCl2NO3S2. The Morgan fingerprint density at radius 3 is 2.60 bits per heavy atom. The minimum absolute atomic E-state index is 0.0840. The zero-order chi connectivity index (χ0) is 21.8. The first-order valence-electron chi connectivity index (χ1n) is 9.12. The molecule has 1 fully saturated rings. The van der Waals surface area contributed by atoms with Crippen LogP contribution in [0.25, 0.3) is 6.08 Å². The smallest absolute Gasteiger partial charge is 0.266 e. The number of nitrogens with zero attached hydrogens (tertiary/aromatic N) is 1. The molecule has 2 aromatic carbocycles. The van der Waals surface area contributed by atoms with E-state index in [1.165, 1.54) is 11.8 Å². The van der Waals surface area contributed by atoms with E-state index in [-0.39, 0.29) is 12.5 Å². The number of carbonyl (C=O) groups is 1. The van der Waals surface area contributed by atoms with Gasteiger partial charge in [-0.1, -0.05) is 53.2 Å². The molecule has 0 aliphatic carbocycles. The number of ether oxygens (including phenoxy) is 2. The van der Waals surface area contributed by atoms with Crippen LogP contribution in [0.2, 0.25) is 10.0 Å². The van der Waals surface area contributed by atoms with Gasteiger partial charge in [-0.15, -0.1) is 0 Å². The number of hydrogen-bond donors (Lipinski definition) is 0. The Kier molecular flexibility index (Phi) is 8.10. The van der Waals surface area contributed by atoms with Crippen molar-refractivity contribution in [2.45, 2.75) is 20.5 Å². The van der Waals surface area contributed by atoms with E-state index in [1.807, 2.05) is 38.1 Å². The third-order valence-corrected chi connectivity index (χ3v) is 6.76. The Hall–Kier alpha value is -1.25. The number of thioether (sulfide) groups is 1. The highest BCUT2D eigenvalue weighted by atomic mass is 79.9. The van der Waals surface area contributed by atoms with Crippen LogP contribution in [-0.2, 0) is 11.4 Å². The summed E-state index contributed by atoms with van der Waals surface area (Å²) in [6, 6.07) is 8.98. The normalized spacial score (nSPS) is 15.2. The number of halogens is 3. The molecule has 2 aromatic rings. The van der Waals surface area contributed by atoms with E-state index in [2.05, 4.69) is 15.9 Å². The molecule has 1 amide bonds. The summed E-state index contributed by atoms with van der Waals surface area (Å²) in [5.41, 5.74) is 1.61. The van der Waals surface area contributed by atoms with Gasteiger partial charge in [0, 0.05) is 22.2 Å². The predicted molar refractivity (Wildman–Crippen MR) is 132 cm³/mol. The van der Waals surface area contributed by atoms with Gasteiger partial charge >= 0.3 is 0 Å². The van der Waals surface area contributed by atoms with Crippen molar-refractivity contribution < 1.29 is 14.3 Å². The van der Waals surface area contributed by atoms with Crippen LogP contribution < -0.4 is 9.47 Å². The van der Waals surface area contributed by atoms with Crippen molar-refractivity contribution >= 4 is 79.4 Å². The fourth-order valence-corrected chi connectivity index (χ4v) is 5.21. The Morgan fingerprint density at radius 2 is 1.97 bits per heavy atom. The first-order chi connectivity index (χ1) is 14.3. The molecule has 0 bridgehead atoms. The molecule has 0 spiro atoms. The molecule has 9 heteroatoms. The number of rotatable bonds is 7. The molecular weight excluding hydrogens is 529 g/mol. The van der Waals surface area contributed by atoms with Gasteiger partial charge in [0.05, 0.1) is 16.0 Å². The fraction of sp³-hybridized carbons (Fsp3) is 0.238. The molecule has 1 aliphatic heterocycles. The molecule has 1 heterocycles. The third kappa shape index (κ3) is 5.32. The number of carbonyl (C=O) groups excluding carboxylic acids is 1. The second kappa shape index (κ2) is 10.4. The zero-order valence-electron chi connectivity index (χ0n) is 16.2. The molecule has 3 rings (SSSR count). The summed E-state index contributed by atoms with van der Waals surface area (Å²) >= 11 is 22.3. The van der Waals surface area contributed by atoms with E-state index in [0.29, 0.717) is 48.4 Å². The minimum atomic E-state index is -0.0840. The summed E-state index contributed by atoms with van der Waals surface area (Å²) in [7, 11) is 0. The van der Waals surface area contributed by atoms with Crippen molar-refractivity contribution in [3.63, 3.8) is 0 Å². The summed E-state index contributed by atoms with van der Waals surface area (Å²) in [6.07, 6.45) is 1.81. The summed E-state index contributed by atoms with van der Waals surface area (Å²) in [5, 5.41) is 1.10. The third-order valence-electron chi connectivity index (χ3n) is 4.21. The molecule has 0 atom stereocenters. The lowest BCUT2D eigenvalue weighted by Crippen LogP contribution is -2.27. The van der Waals surface area contributed by atoms with Gasteiger partial charge in [-0.05, 0) is 65.7 Å². The highest BCUT2D eigenvalue weighted by Gasteiger charge is 2.30.